The van der Waals surface area contributed by atoms with Crippen LogP contribution in [0.4, 0.5) is 8.78 Å². The van der Waals surface area contributed by atoms with Crippen LogP contribution in [0.1, 0.15) is 18.9 Å². The number of hydrogen-bond acceptors (Lipinski definition) is 2. The molecule has 0 saturated carbocycles. The molecule has 3 nitrogen and oxygen atoms in total. The Morgan fingerprint density at radius 1 is 1.37 bits per heavy atom. The fourth-order valence-corrected chi connectivity index (χ4v) is 2.43. The lowest BCUT2D eigenvalue weighted by molar-refractivity contribution is -0.150. The van der Waals surface area contributed by atoms with Gasteiger partial charge in [-0.25, -0.2) is 8.78 Å². The van der Waals surface area contributed by atoms with Crippen molar-refractivity contribution in [3.05, 3.63) is 35.9 Å². The van der Waals surface area contributed by atoms with Crippen molar-refractivity contribution in [2.45, 2.75) is 31.9 Å². The summed E-state index contributed by atoms with van der Waals surface area (Å²) in [6.45, 7) is 2.86. The molecule has 5 heteroatoms. The topological polar surface area (TPSA) is 32.3 Å². The molecule has 0 spiro atoms. The van der Waals surface area contributed by atoms with Gasteiger partial charge < -0.3 is 4.90 Å². The zero-order valence-corrected chi connectivity index (χ0v) is 10.9. The highest BCUT2D eigenvalue weighted by Crippen LogP contribution is 2.26. The van der Waals surface area contributed by atoms with Gasteiger partial charge in [-0.05, 0) is 12.0 Å². The van der Waals surface area contributed by atoms with Gasteiger partial charge in [0.2, 0.25) is 5.91 Å². The Morgan fingerprint density at radius 3 is 2.63 bits per heavy atom. The fraction of sp³-hybridized carbons (Fsp3) is 0.500. The van der Waals surface area contributed by atoms with Crippen LogP contribution in [0.2, 0.25) is 0 Å². The zero-order chi connectivity index (χ0) is 13.9. The predicted molar refractivity (Wildman–Crippen MR) is 68.9 cm³/mol. The van der Waals surface area contributed by atoms with Gasteiger partial charge in [0.05, 0.1) is 0 Å². The molecule has 1 fully saturated rings. The largest absolute Gasteiger partial charge is 0.335 e. The molecule has 0 aromatic heterocycles. The number of rotatable bonds is 4. The second kappa shape index (κ2) is 5.65. The Kier molecular flexibility index (Phi) is 4.14. The van der Waals surface area contributed by atoms with E-state index >= 15 is 0 Å². The third kappa shape index (κ3) is 2.61. The van der Waals surface area contributed by atoms with Crippen molar-refractivity contribution in [3.8, 4) is 0 Å². The lowest BCUT2D eigenvalue weighted by Crippen LogP contribution is -2.67. The molecule has 1 amide bonds. The van der Waals surface area contributed by atoms with Gasteiger partial charge in [0, 0.05) is 19.6 Å². The van der Waals surface area contributed by atoms with Crippen molar-refractivity contribution in [1.82, 2.24) is 10.2 Å². The normalized spacial score (nSPS) is 24.0. The maximum atomic E-state index is 13.2. The molecule has 1 saturated heterocycles. The second-order valence-electron chi connectivity index (χ2n) is 4.76. The molecule has 1 aromatic rings. The van der Waals surface area contributed by atoms with Crippen LogP contribution in [0.25, 0.3) is 0 Å². The van der Waals surface area contributed by atoms with Crippen LogP contribution in [0.3, 0.4) is 0 Å². The summed E-state index contributed by atoms with van der Waals surface area (Å²) in [5.41, 5.74) is -0.760. The number of piperazine rings is 1. The van der Waals surface area contributed by atoms with Gasteiger partial charge in [0.1, 0.15) is 0 Å². The first-order valence-electron chi connectivity index (χ1n) is 6.46. The van der Waals surface area contributed by atoms with E-state index in [1.54, 1.807) is 6.92 Å². The lowest BCUT2D eigenvalue weighted by atomic mass is 9.92. The number of nitrogens with zero attached hydrogens (tertiary/aromatic N) is 1. The standard InChI is InChI=1S/C14H18F2N2O/c1-2-14(12(15)16)13(19)18(9-8-17-14)10-11-6-4-3-5-7-11/h3-7,12,17H,2,8-10H2,1H3/t14-/m0/s1. The third-order valence-electron chi connectivity index (χ3n) is 3.64. The SMILES string of the molecule is CC[C@@]1(C(F)F)NCCN(Cc2ccccc2)C1=O. The average molecular weight is 268 g/mol. The van der Waals surface area contributed by atoms with E-state index in [0.717, 1.165) is 5.56 Å². The van der Waals surface area contributed by atoms with Gasteiger partial charge in [0.15, 0.2) is 5.54 Å². The van der Waals surface area contributed by atoms with Crippen LogP contribution in [0.15, 0.2) is 30.3 Å². The molecule has 1 aliphatic heterocycles. The summed E-state index contributed by atoms with van der Waals surface area (Å²) >= 11 is 0. The van der Waals surface area contributed by atoms with Crippen LogP contribution >= 0.6 is 0 Å². The molecule has 0 aliphatic carbocycles. The van der Waals surface area contributed by atoms with E-state index in [4.69, 9.17) is 0 Å². The number of alkyl halides is 2. The summed E-state index contributed by atoms with van der Waals surface area (Å²) in [6.07, 6.45) is -2.60. The van der Waals surface area contributed by atoms with Crippen LogP contribution in [0, 0.1) is 0 Å². The highest BCUT2D eigenvalue weighted by Gasteiger charge is 2.49. The van der Waals surface area contributed by atoms with E-state index in [2.05, 4.69) is 5.32 Å². The zero-order valence-electron chi connectivity index (χ0n) is 10.9. The van der Waals surface area contributed by atoms with Crippen molar-refractivity contribution >= 4 is 5.91 Å². The number of carbonyl (C=O) groups is 1. The van der Waals surface area contributed by atoms with E-state index in [1.807, 2.05) is 30.3 Å². The van der Waals surface area contributed by atoms with E-state index in [0.29, 0.717) is 19.6 Å². The minimum Gasteiger partial charge on any atom is -0.335 e. The van der Waals surface area contributed by atoms with Crippen molar-refractivity contribution in [3.63, 3.8) is 0 Å². The number of amides is 1. The molecule has 1 N–H and O–H groups in total. The Balaban J connectivity index is 2.16. The Hall–Kier alpha value is -1.49. The molecule has 1 aliphatic rings. The number of halogens is 2. The molecule has 0 radical (unpaired) electrons. The van der Waals surface area contributed by atoms with Gasteiger partial charge >= 0.3 is 0 Å². The minimum atomic E-state index is -2.69. The van der Waals surface area contributed by atoms with Crippen molar-refractivity contribution < 1.29 is 13.6 Å². The molecular formula is C14H18F2N2O. The molecule has 19 heavy (non-hydrogen) atoms. The summed E-state index contributed by atoms with van der Waals surface area (Å²) < 4.78 is 26.5. The van der Waals surface area contributed by atoms with Crippen LogP contribution in [-0.4, -0.2) is 35.9 Å². The van der Waals surface area contributed by atoms with Gasteiger partial charge in [-0.1, -0.05) is 37.3 Å². The summed E-state index contributed by atoms with van der Waals surface area (Å²) in [5, 5.41) is 2.71. The molecular weight excluding hydrogens is 250 g/mol. The number of hydrogen-bond donors (Lipinski definition) is 1. The van der Waals surface area contributed by atoms with Crippen molar-refractivity contribution in [2.24, 2.45) is 0 Å². The Labute approximate surface area is 111 Å². The number of nitrogens with one attached hydrogen (secondary N) is 1. The molecule has 1 heterocycles. The number of carbonyl (C=O) groups excluding carboxylic acids is 1. The van der Waals surface area contributed by atoms with Crippen molar-refractivity contribution in [2.75, 3.05) is 13.1 Å². The third-order valence-corrected chi connectivity index (χ3v) is 3.64. The summed E-state index contributed by atoms with van der Waals surface area (Å²) in [7, 11) is 0. The Bertz CT molecular complexity index is 438. The van der Waals surface area contributed by atoms with E-state index in [1.165, 1.54) is 4.90 Å². The van der Waals surface area contributed by atoms with Crippen LogP contribution < -0.4 is 5.32 Å². The van der Waals surface area contributed by atoms with Gasteiger partial charge in [-0.2, -0.15) is 0 Å². The quantitative estimate of drug-likeness (QED) is 0.906. The second-order valence-corrected chi connectivity index (χ2v) is 4.76. The van der Waals surface area contributed by atoms with E-state index in [-0.39, 0.29) is 6.42 Å². The minimum absolute atomic E-state index is 0.0921. The summed E-state index contributed by atoms with van der Waals surface area (Å²) in [5.74, 6) is -0.500. The molecule has 2 rings (SSSR count). The molecule has 0 bridgehead atoms. The highest BCUT2D eigenvalue weighted by atomic mass is 19.3. The van der Waals surface area contributed by atoms with Gasteiger partial charge in [-0.15, -0.1) is 0 Å². The average Bonchev–Trinajstić information content (AvgIpc) is 2.42. The first-order valence-corrected chi connectivity index (χ1v) is 6.46. The smallest absolute Gasteiger partial charge is 0.265 e. The first-order chi connectivity index (χ1) is 9.10. The summed E-state index contributed by atoms with van der Waals surface area (Å²) in [6, 6.07) is 9.43. The van der Waals surface area contributed by atoms with Crippen molar-refractivity contribution in [1.29, 1.82) is 0 Å². The molecule has 1 atom stereocenters. The molecule has 104 valence electrons. The van der Waals surface area contributed by atoms with Gasteiger partial charge in [0.25, 0.3) is 6.43 Å². The maximum Gasteiger partial charge on any atom is 0.265 e. The van der Waals surface area contributed by atoms with Gasteiger partial charge in [-0.3, -0.25) is 10.1 Å². The maximum absolute atomic E-state index is 13.2. The van der Waals surface area contributed by atoms with E-state index < -0.39 is 17.9 Å². The fourth-order valence-electron chi connectivity index (χ4n) is 2.43. The molecule has 0 unspecified atom stereocenters. The van der Waals surface area contributed by atoms with Crippen LogP contribution in [0.5, 0.6) is 0 Å². The lowest BCUT2D eigenvalue weighted by Gasteiger charge is -2.41. The number of benzene rings is 1. The Morgan fingerprint density at radius 2 is 2.05 bits per heavy atom. The highest BCUT2D eigenvalue weighted by molar-refractivity contribution is 5.87. The summed E-state index contributed by atoms with van der Waals surface area (Å²) in [4.78, 5) is 13.8. The predicted octanol–water partition coefficient (Wildman–Crippen LogP) is 2.03. The first kappa shape index (κ1) is 13.9. The van der Waals surface area contributed by atoms with E-state index in [9.17, 15) is 13.6 Å². The van der Waals surface area contributed by atoms with Crippen LogP contribution in [-0.2, 0) is 11.3 Å². The molecule has 1 aromatic carbocycles. The monoisotopic (exact) mass is 268 g/mol.